The fourth-order valence-corrected chi connectivity index (χ4v) is 2.07. The second-order valence-electron chi connectivity index (χ2n) is 5.71. The van der Waals surface area contributed by atoms with Crippen LogP contribution in [0.25, 0.3) is 0 Å². The highest BCUT2D eigenvalue weighted by atomic mass is 16.7. The van der Waals surface area contributed by atoms with E-state index in [-0.39, 0.29) is 11.2 Å². The molecule has 4 nitrogen and oxygen atoms in total. The number of nitrogen functional groups attached to an aromatic ring is 1. The molecule has 0 bridgehead atoms. The summed E-state index contributed by atoms with van der Waals surface area (Å²) in [5.41, 5.74) is 7.27. The van der Waals surface area contributed by atoms with Crippen molar-refractivity contribution in [2.75, 3.05) is 5.73 Å². The van der Waals surface area contributed by atoms with Gasteiger partial charge in [-0.2, -0.15) is 0 Å². The second-order valence-corrected chi connectivity index (χ2v) is 5.71. The van der Waals surface area contributed by atoms with Crippen molar-refractivity contribution < 1.29 is 9.31 Å². The van der Waals surface area contributed by atoms with E-state index in [4.69, 9.17) is 15.0 Å². The summed E-state index contributed by atoms with van der Waals surface area (Å²) >= 11 is 0. The molecule has 0 aliphatic carbocycles. The number of nitrogens with zero attached hydrogens (tertiary/aromatic N) is 1. The third kappa shape index (κ3) is 2.02. The van der Waals surface area contributed by atoms with Gasteiger partial charge < -0.3 is 15.0 Å². The lowest BCUT2D eigenvalue weighted by molar-refractivity contribution is 0.00578. The van der Waals surface area contributed by atoms with Gasteiger partial charge in [0.2, 0.25) is 0 Å². The highest BCUT2D eigenvalue weighted by molar-refractivity contribution is 6.64. The first-order valence-corrected chi connectivity index (χ1v) is 6.37. The highest BCUT2D eigenvalue weighted by Gasteiger charge is 2.52. The molecule has 1 fully saturated rings. The van der Waals surface area contributed by atoms with Gasteiger partial charge in [0.15, 0.2) is 0 Å². The molecule has 0 amide bonds. The number of hydrogen-bond donors (Lipinski definition) is 1. The maximum Gasteiger partial charge on any atom is 0.498 e. The molecule has 2 heterocycles. The van der Waals surface area contributed by atoms with Gasteiger partial charge in [0.1, 0.15) is 5.82 Å². The van der Waals surface area contributed by atoms with Gasteiger partial charge in [-0.3, -0.25) is 0 Å². The number of nitrogens with two attached hydrogens (primary N) is 1. The molecular weight excluding hydrogens is 227 g/mol. The van der Waals surface area contributed by atoms with Gasteiger partial charge in [0, 0.05) is 11.7 Å². The highest BCUT2D eigenvalue weighted by Crippen LogP contribution is 2.37. The summed E-state index contributed by atoms with van der Waals surface area (Å²) in [6.45, 7) is 10.2. The van der Waals surface area contributed by atoms with Crippen LogP contribution in [0.5, 0.6) is 0 Å². The van der Waals surface area contributed by atoms with Gasteiger partial charge >= 0.3 is 7.12 Å². The molecule has 1 saturated heterocycles. The first-order chi connectivity index (χ1) is 8.28. The maximum absolute atomic E-state index is 6.03. The molecule has 1 aliphatic rings. The Balaban J connectivity index is 2.41. The Hall–Kier alpha value is -1.07. The molecule has 0 atom stereocenters. The Morgan fingerprint density at radius 2 is 1.78 bits per heavy atom. The Morgan fingerprint density at radius 3 is 2.28 bits per heavy atom. The first kappa shape index (κ1) is 13.4. The number of pyridine rings is 1. The third-order valence-corrected chi connectivity index (χ3v) is 3.98. The normalized spacial score (nSPS) is 21.3. The van der Waals surface area contributed by atoms with Crippen LogP contribution >= 0.6 is 0 Å². The molecule has 1 aromatic rings. The van der Waals surface area contributed by atoms with Crippen molar-refractivity contribution in [3.63, 3.8) is 0 Å². The zero-order valence-corrected chi connectivity index (χ0v) is 11.8. The average Bonchev–Trinajstić information content (AvgIpc) is 2.47. The molecule has 2 rings (SSSR count). The van der Waals surface area contributed by atoms with Crippen molar-refractivity contribution in [1.29, 1.82) is 0 Å². The largest absolute Gasteiger partial charge is 0.498 e. The SMILES string of the molecule is CCc1ccnc(N)c1B1OC(C)(C)C(C)(C)O1. The first-order valence-electron chi connectivity index (χ1n) is 6.37. The molecule has 0 aromatic carbocycles. The Morgan fingerprint density at radius 1 is 1.22 bits per heavy atom. The predicted molar refractivity (Wildman–Crippen MR) is 73.7 cm³/mol. The van der Waals surface area contributed by atoms with Crippen molar-refractivity contribution in [3.8, 4) is 0 Å². The van der Waals surface area contributed by atoms with E-state index in [2.05, 4.69) is 11.9 Å². The van der Waals surface area contributed by atoms with Gasteiger partial charge in [-0.05, 0) is 45.7 Å². The van der Waals surface area contributed by atoms with Crippen LogP contribution in [0.4, 0.5) is 5.82 Å². The lowest BCUT2D eigenvalue weighted by atomic mass is 9.75. The fraction of sp³-hybridized carbons (Fsp3) is 0.615. The molecular formula is C13H21BN2O2. The molecule has 0 radical (unpaired) electrons. The van der Waals surface area contributed by atoms with Crippen LogP contribution in [0.15, 0.2) is 12.3 Å². The Bertz CT molecular complexity index is 444. The molecule has 0 saturated carbocycles. The molecule has 1 aromatic heterocycles. The third-order valence-electron chi connectivity index (χ3n) is 3.98. The van der Waals surface area contributed by atoms with Crippen LogP contribution < -0.4 is 11.2 Å². The Labute approximate surface area is 109 Å². The van der Waals surface area contributed by atoms with Crippen molar-refractivity contribution in [3.05, 3.63) is 17.8 Å². The van der Waals surface area contributed by atoms with E-state index in [0.717, 1.165) is 17.4 Å². The summed E-state index contributed by atoms with van der Waals surface area (Å²) < 4.78 is 12.1. The van der Waals surface area contributed by atoms with Gasteiger partial charge in [0.05, 0.1) is 11.2 Å². The molecule has 18 heavy (non-hydrogen) atoms. The summed E-state index contributed by atoms with van der Waals surface area (Å²) in [5, 5.41) is 0. The molecule has 5 heteroatoms. The van der Waals surface area contributed by atoms with Crippen LogP contribution in [-0.4, -0.2) is 23.3 Å². The van der Waals surface area contributed by atoms with Crippen molar-refractivity contribution in [2.24, 2.45) is 0 Å². The smallest absolute Gasteiger partial charge is 0.399 e. The Kier molecular flexibility index (Phi) is 3.15. The number of aryl methyl sites for hydroxylation is 1. The van der Waals surface area contributed by atoms with Crippen molar-refractivity contribution >= 4 is 18.4 Å². The van der Waals surface area contributed by atoms with E-state index in [1.165, 1.54) is 0 Å². The van der Waals surface area contributed by atoms with Gasteiger partial charge in [0.25, 0.3) is 0 Å². The minimum Gasteiger partial charge on any atom is -0.399 e. The van der Waals surface area contributed by atoms with E-state index in [1.54, 1.807) is 6.20 Å². The lowest BCUT2D eigenvalue weighted by Gasteiger charge is -2.32. The quantitative estimate of drug-likeness (QED) is 0.806. The predicted octanol–water partition coefficient (Wildman–Crippen LogP) is 1.53. The summed E-state index contributed by atoms with van der Waals surface area (Å²) in [6.07, 6.45) is 2.61. The summed E-state index contributed by atoms with van der Waals surface area (Å²) in [6, 6.07) is 1.97. The monoisotopic (exact) mass is 248 g/mol. The van der Waals surface area contributed by atoms with Crippen LogP contribution in [0, 0.1) is 0 Å². The molecule has 98 valence electrons. The maximum atomic E-state index is 6.03. The average molecular weight is 248 g/mol. The zero-order chi connectivity index (χ0) is 13.6. The number of rotatable bonds is 2. The van der Waals surface area contributed by atoms with Gasteiger partial charge in [-0.25, -0.2) is 4.98 Å². The van der Waals surface area contributed by atoms with Gasteiger partial charge in [-0.15, -0.1) is 0 Å². The standard InChI is InChI=1S/C13H21BN2O2/c1-6-9-7-8-16-11(15)10(9)14-17-12(2,3)13(4,5)18-14/h7-8H,6H2,1-5H3,(H2,15,16). The summed E-state index contributed by atoms with van der Waals surface area (Å²) in [7, 11) is -0.432. The van der Waals surface area contributed by atoms with E-state index >= 15 is 0 Å². The van der Waals surface area contributed by atoms with E-state index < -0.39 is 7.12 Å². The molecule has 0 unspecified atom stereocenters. The molecule has 2 N–H and O–H groups in total. The minimum atomic E-state index is -0.432. The van der Waals surface area contributed by atoms with Crippen LogP contribution in [-0.2, 0) is 15.7 Å². The second kappa shape index (κ2) is 4.25. The van der Waals surface area contributed by atoms with E-state index in [9.17, 15) is 0 Å². The zero-order valence-electron chi connectivity index (χ0n) is 11.8. The number of aromatic nitrogens is 1. The van der Waals surface area contributed by atoms with Crippen molar-refractivity contribution in [1.82, 2.24) is 4.98 Å². The number of hydrogen-bond acceptors (Lipinski definition) is 4. The van der Waals surface area contributed by atoms with Crippen LogP contribution in [0.2, 0.25) is 0 Å². The van der Waals surface area contributed by atoms with E-state index in [1.807, 2.05) is 33.8 Å². The summed E-state index contributed by atoms with van der Waals surface area (Å²) in [5.74, 6) is 0.493. The number of anilines is 1. The van der Waals surface area contributed by atoms with Gasteiger partial charge in [-0.1, -0.05) is 6.92 Å². The van der Waals surface area contributed by atoms with E-state index in [0.29, 0.717) is 5.82 Å². The van der Waals surface area contributed by atoms with Crippen molar-refractivity contribution in [2.45, 2.75) is 52.2 Å². The summed E-state index contributed by atoms with van der Waals surface area (Å²) in [4.78, 5) is 4.15. The minimum absolute atomic E-state index is 0.356. The van der Waals surface area contributed by atoms with Crippen LogP contribution in [0.3, 0.4) is 0 Å². The lowest BCUT2D eigenvalue weighted by Crippen LogP contribution is -2.41. The van der Waals surface area contributed by atoms with Crippen LogP contribution in [0.1, 0.15) is 40.2 Å². The topological polar surface area (TPSA) is 57.4 Å². The molecule has 1 aliphatic heterocycles. The molecule has 0 spiro atoms. The fourth-order valence-electron chi connectivity index (χ4n) is 2.07.